The van der Waals surface area contributed by atoms with Crippen molar-refractivity contribution in [3.63, 3.8) is 0 Å². The van der Waals surface area contributed by atoms with Crippen LogP contribution in [0.1, 0.15) is 13.3 Å². The Labute approximate surface area is 183 Å². The van der Waals surface area contributed by atoms with E-state index >= 15 is 0 Å². The van der Waals surface area contributed by atoms with Gasteiger partial charge in [0.2, 0.25) is 10.0 Å². The molecule has 1 aromatic rings. The monoisotopic (exact) mass is 534 g/mol. The third kappa shape index (κ3) is 10.2. The molecule has 150 valence electrons. The van der Waals surface area contributed by atoms with Crippen molar-refractivity contribution in [3.05, 3.63) is 29.3 Å². The van der Waals surface area contributed by atoms with Gasteiger partial charge in [0.1, 0.15) is 0 Å². The van der Waals surface area contributed by atoms with Crippen molar-refractivity contribution in [3.8, 4) is 0 Å². The van der Waals surface area contributed by atoms with Crippen LogP contribution in [0, 0.1) is 0 Å². The molecule has 0 fully saturated rings. The minimum atomic E-state index is -3.10. The van der Waals surface area contributed by atoms with Gasteiger partial charge in [-0.25, -0.2) is 12.7 Å². The van der Waals surface area contributed by atoms with Gasteiger partial charge in [0.25, 0.3) is 0 Å². The van der Waals surface area contributed by atoms with Crippen LogP contribution in [-0.4, -0.2) is 63.9 Å². The fourth-order valence-corrected chi connectivity index (χ4v) is 3.70. The highest BCUT2D eigenvalue weighted by Gasteiger charge is 2.13. The molecule has 0 bridgehead atoms. The van der Waals surface area contributed by atoms with Gasteiger partial charge in [-0.2, -0.15) is 0 Å². The summed E-state index contributed by atoms with van der Waals surface area (Å²) in [6.45, 7) is 3.58. The molecular formula is C16H28ClIN4O2S2. The van der Waals surface area contributed by atoms with E-state index in [0.29, 0.717) is 13.1 Å². The first-order chi connectivity index (χ1) is 11.9. The molecule has 10 heteroatoms. The van der Waals surface area contributed by atoms with E-state index in [1.54, 1.807) is 32.8 Å². The molecule has 0 heterocycles. The average molecular weight is 535 g/mol. The maximum absolute atomic E-state index is 11.7. The minimum Gasteiger partial charge on any atom is -0.356 e. The molecular weight excluding hydrogens is 507 g/mol. The highest BCUT2D eigenvalue weighted by Crippen LogP contribution is 2.19. The van der Waals surface area contributed by atoms with E-state index in [0.717, 1.165) is 29.7 Å². The van der Waals surface area contributed by atoms with Gasteiger partial charge in [0.15, 0.2) is 5.96 Å². The number of hydrogen-bond donors (Lipinski definition) is 2. The lowest BCUT2D eigenvalue weighted by atomic mass is 10.4. The molecule has 0 aliphatic rings. The third-order valence-corrected chi connectivity index (χ3v) is 6.61. The summed E-state index contributed by atoms with van der Waals surface area (Å²) in [6, 6.07) is 7.77. The number of nitrogens with zero attached hydrogens (tertiary/aromatic N) is 2. The second-order valence-corrected chi connectivity index (χ2v) is 9.27. The largest absolute Gasteiger partial charge is 0.356 e. The molecule has 0 saturated carbocycles. The molecule has 0 spiro atoms. The van der Waals surface area contributed by atoms with E-state index in [4.69, 9.17) is 11.6 Å². The van der Waals surface area contributed by atoms with Crippen LogP contribution in [0.2, 0.25) is 5.02 Å². The molecule has 0 amide bonds. The first-order valence-electron chi connectivity index (χ1n) is 8.16. The Morgan fingerprint density at radius 3 is 2.42 bits per heavy atom. The zero-order chi connectivity index (χ0) is 18.7. The van der Waals surface area contributed by atoms with Crippen molar-refractivity contribution in [1.29, 1.82) is 0 Å². The number of nitrogens with one attached hydrogen (secondary N) is 2. The Hall–Kier alpha value is -0.230. The predicted octanol–water partition coefficient (Wildman–Crippen LogP) is 2.89. The van der Waals surface area contributed by atoms with Crippen LogP contribution < -0.4 is 10.6 Å². The first kappa shape index (κ1) is 25.8. The van der Waals surface area contributed by atoms with Gasteiger partial charge < -0.3 is 10.6 Å². The van der Waals surface area contributed by atoms with Gasteiger partial charge in [-0.05, 0) is 37.6 Å². The molecule has 0 unspecified atom stereocenters. The molecule has 26 heavy (non-hydrogen) atoms. The van der Waals surface area contributed by atoms with Crippen LogP contribution in [0.4, 0.5) is 0 Å². The van der Waals surface area contributed by atoms with E-state index in [-0.39, 0.29) is 29.7 Å². The zero-order valence-corrected chi connectivity index (χ0v) is 20.1. The molecule has 1 rings (SSSR count). The van der Waals surface area contributed by atoms with Crippen LogP contribution in [0.3, 0.4) is 0 Å². The van der Waals surface area contributed by atoms with E-state index in [1.807, 2.05) is 24.3 Å². The minimum absolute atomic E-state index is 0. The molecule has 0 aliphatic heterocycles. The smallest absolute Gasteiger partial charge is 0.213 e. The lowest BCUT2D eigenvalue weighted by molar-refractivity contribution is 0.461. The van der Waals surface area contributed by atoms with Gasteiger partial charge in [0, 0.05) is 49.4 Å². The number of guanidine groups is 1. The summed E-state index contributed by atoms with van der Waals surface area (Å²) in [4.78, 5) is 5.34. The molecule has 6 nitrogen and oxygen atoms in total. The SMILES string of the molecule is CCS(=O)(=O)N(C)CCCNC(=NC)NCCSc1ccc(Cl)cc1.I. The average Bonchev–Trinajstić information content (AvgIpc) is 2.61. The summed E-state index contributed by atoms with van der Waals surface area (Å²) in [5.74, 6) is 1.75. The summed E-state index contributed by atoms with van der Waals surface area (Å²) in [5.41, 5.74) is 0. The molecule has 0 aliphatic carbocycles. The van der Waals surface area contributed by atoms with Crippen molar-refractivity contribution in [2.24, 2.45) is 4.99 Å². The maximum atomic E-state index is 11.7. The van der Waals surface area contributed by atoms with E-state index in [9.17, 15) is 8.42 Å². The normalized spacial score (nSPS) is 12.0. The fraction of sp³-hybridized carbons (Fsp3) is 0.562. The van der Waals surface area contributed by atoms with Gasteiger partial charge in [-0.1, -0.05) is 11.6 Å². The standard InChI is InChI=1S/C16H27ClN4O2S2.HI/c1-4-25(22,23)21(3)12-5-10-19-16(18-2)20-11-13-24-15-8-6-14(17)7-9-15;/h6-9H,4-5,10-13H2,1-3H3,(H2,18,19,20);1H. The van der Waals surface area contributed by atoms with Crippen LogP contribution in [0.15, 0.2) is 34.2 Å². The molecule has 0 radical (unpaired) electrons. The van der Waals surface area contributed by atoms with Gasteiger partial charge >= 0.3 is 0 Å². The lowest BCUT2D eigenvalue weighted by Crippen LogP contribution is -2.40. The molecule has 2 N–H and O–H groups in total. The highest BCUT2D eigenvalue weighted by atomic mass is 127. The summed E-state index contributed by atoms with van der Waals surface area (Å²) >= 11 is 7.61. The van der Waals surface area contributed by atoms with Gasteiger partial charge in [-0.3, -0.25) is 4.99 Å². The molecule has 0 aromatic heterocycles. The zero-order valence-electron chi connectivity index (χ0n) is 15.4. The van der Waals surface area contributed by atoms with Crippen molar-refractivity contribution >= 4 is 63.3 Å². The van der Waals surface area contributed by atoms with Crippen LogP contribution >= 0.6 is 47.3 Å². The van der Waals surface area contributed by atoms with E-state index in [2.05, 4.69) is 15.6 Å². The van der Waals surface area contributed by atoms with Crippen molar-refractivity contribution in [2.45, 2.75) is 18.2 Å². The summed E-state index contributed by atoms with van der Waals surface area (Å²) < 4.78 is 24.7. The second-order valence-electron chi connectivity index (χ2n) is 5.30. The predicted molar refractivity (Wildman–Crippen MR) is 124 cm³/mol. The van der Waals surface area contributed by atoms with E-state index < -0.39 is 10.0 Å². The van der Waals surface area contributed by atoms with Crippen molar-refractivity contribution in [1.82, 2.24) is 14.9 Å². The Bertz CT molecular complexity index is 642. The number of halogens is 2. The quantitative estimate of drug-likeness (QED) is 0.159. The molecule has 1 aromatic carbocycles. The third-order valence-electron chi connectivity index (χ3n) is 3.48. The van der Waals surface area contributed by atoms with Crippen LogP contribution in [0.25, 0.3) is 0 Å². The number of hydrogen-bond acceptors (Lipinski definition) is 4. The highest BCUT2D eigenvalue weighted by molar-refractivity contribution is 14.0. The number of thioether (sulfide) groups is 1. The van der Waals surface area contributed by atoms with Crippen molar-refractivity contribution < 1.29 is 8.42 Å². The molecule has 0 atom stereocenters. The van der Waals surface area contributed by atoms with Gasteiger partial charge in [0.05, 0.1) is 5.75 Å². The number of sulfonamides is 1. The Balaban J connectivity index is 0.00000625. The topological polar surface area (TPSA) is 73.8 Å². The number of rotatable bonds is 10. The number of benzene rings is 1. The number of aliphatic imine (C=N–C) groups is 1. The van der Waals surface area contributed by atoms with Gasteiger partial charge in [-0.15, -0.1) is 35.7 Å². The summed E-state index contributed by atoms with van der Waals surface area (Å²) in [7, 11) is 0.226. The fourth-order valence-electron chi connectivity index (χ4n) is 1.96. The van der Waals surface area contributed by atoms with Crippen LogP contribution in [-0.2, 0) is 10.0 Å². The van der Waals surface area contributed by atoms with Crippen molar-refractivity contribution in [2.75, 3.05) is 45.2 Å². The lowest BCUT2D eigenvalue weighted by Gasteiger charge is -2.16. The summed E-state index contributed by atoms with van der Waals surface area (Å²) in [5, 5.41) is 7.17. The second kappa shape index (κ2) is 13.9. The Kier molecular flexibility index (Phi) is 13.7. The van der Waals surface area contributed by atoms with Crippen LogP contribution in [0.5, 0.6) is 0 Å². The first-order valence-corrected chi connectivity index (χ1v) is 11.1. The van der Waals surface area contributed by atoms with E-state index in [1.165, 1.54) is 9.20 Å². The maximum Gasteiger partial charge on any atom is 0.213 e. The molecule has 0 saturated heterocycles. The Morgan fingerprint density at radius 2 is 1.85 bits per heavy atom. The summed E-state index contributed by atoms with van der Waals surface area (Å²) in [6.07, 6.45) is 0.718. The Morgan fingerprint density at radius 1 is 1.23 bits per heavy atom.